The summed E-state index contributed by atoms with van der Waals surface area (Å²) in [4.78, 5) is 20.5. The van der Waals surface area contributed by atoms with E-state index >= 15 is 0 Å². The quantitative estimate of drug-likeness (QED) is 0.618. The number of hydrogen-bond donors (Lipinski definition) is 2. The number of amides is 1. The molecule has 0 spiro atoms. The average Bonchev–Trinajstić information content (AvgIpc) is 2.41. The molecule has 1 amide bonds. The van der Waals surface area contributed by atoms with Crippen LogP contribution in [0, 0.1) is 0 Å². The Labute approximate surface area is 119 Å². The number of anilines is 1. The van der Waals surface area contributed by atoms with E-state index in [-0.39, 0.29) is 11.4 Å². The molecule has 0 atom stereocenters. The van der Waals surface area contributed by atoms with E-state index in [1.807, 2.05) is 7.05 Å². The van der Waals surface area contributed by atoms with E-state index in [1.54, 1.807) is 23.2 Å². The van der Waals surface area contributed by atoms with Gasteiger partial charge in [0.2, 0.25) is 0 Å². The first kappa shape index (κ1) is 14.7. The van der Waals surface area contributed by atoms with E-state index in [9.17, 15) is 4.79 Å². The van der Waals surface area contributed by atoms with E-state index in [2.05, 4.69) is 29.4 Å². The predicted octanol–water partition coefficient (Wildman–Crippen LogP) is 0.924. The smallest absolute Gasteiger partial charge is 0.253 e. The topological polar surface area (TPSA) is 74.5 Å². The van der Waals surface area contributed by atoms with Crippen molar-refractivity contribution in [2.24, 2.45) is 5.84 Å². The standard InChI is InChI=1S/C14H23N5O/c1-18(2)14(6-4-7-14)10-19(3)13(20)11-5-8-16-12(9-11)17-15/h5,8-9H,4,6-7,10,15H2,1-3H3,(H,16,17). The maximum Gasteiger partial charge on any atom is 0.253 e. The Bertz CT molecular complexity index is 484. The molecular formula is C14H23N5O. The van der Waals surface area contributed by atoms with Gasteiger partial charge in [0.1, 0.15) is 5.82 Å². The summed E-state index contributed by atoms with van der Waals surface area (Å²) in [5.74, 6) is 5.82. The normalized spacial score (nSPS) is 16.6. The van der Waals surface area contributed by atoms with Gasteiger partial charge in [-0.1, -0.05) is 0 Å². The highest BCUT2D eigenvalue weighted by Gasteiger charge is 2.40. The van der Waals surface area contributed by atoms with Gasteiger partial charge in [-0.05, 0) is 45.5 Å². The molecule has 1 aliphatic carbocycles. The van der Waals surface area contributed by atoms with E-state index in [0.717, 1.165) is 19.4 Å². The van der Waals surface area contributed by atoms with Crippen LogP contribution in [0.5, 0.6) is 0 Å². The molecule has 1 heterocycles. The first-order valence-electron chi connectivity index (χ1n) is 6.84. The molecular weight excluding hydrogens is 254 g/mol. The lowest BCUT2D eigenvalue weighted by Crippen LogP contribution is -2.57. The van der Waals surface area contributed by atoms with Crippen LogP contribution in [0.25, 0.3) is 0 Å². The third kappa shape index (κ3) is 2.76. The number of rotatable bonds is 5. The fourth-order valence-electron chi connectivity index (χ4n) is 2.71. The van der Waals surface area contributed by atoms with Crippen molar-refractivity contribution in [3.8, 4) is 0 Å². The van der Waals surface area contributed by atoms with E-state index < -0.39 is 0 Å². The van der Waals surface area contributed by atoms with Gasteiger partial charge in [-0.25, -0.2) is 10.8 Å². The maximum atomic E-state index is 12.5. The average molecular weight is 277 g/mol. The van der Waals surface area contributed by atoms with Crippen LogP contribution in [0.15, 0.2) is 18.3 Å². The Morgan fingerprint density at radius 2 is 2.15 bits per heavy atom. The number of hydrogen-bond acceptors (Lipinski definition) is 5. The number of nitrogens with one attached hydrogen (secondary N) is 1. The number of pyridine rings is 1. The number of nitrogens with zero attached hydrogens (tertiary/aromatic N) is 3. The largest absolute Gasteiger partial charge is 0.340 e. The molecule has 1 fully saturated rings. The van der Waals surface area contributed by atoms with Gasteiger partial charge in [0, 0.05) is 30.9 Å². The van der Waals surface area contributed by atoms with Gasteiger partial charge in [-0.2, -0.15) is 0 Å². The van der Waals surface area contributed by atoms with E-state index in [1.165, 1.54) is 6.42 Å². The summed E-state index contributed by atoms with van der Waals surface area (Å²) < 4.78 is 0. The third-order valence-electron chi connectivity index (χ3n) is 4.27. The minimum atomic E-state index is -0.00275. The van der Waals surface area contributed by atoms with Gasteiger partial charge in [0.05, 0.1) is 0 Å². The molecule has 0 radical (unpaired) electrons. The van der Waals surface area contributed by atoms with Crippen molar-refractivity contribution in [2.45, 2.75) is 24.8 Å². The van der Waals surface area contributed by atoms with Crippen molar-refractivity contribution in [1.82, 2.24) is 14.8 Å². The Morgan fingerprint density at radius 3 is 2.65 bits per heavy atom. The molecule has 1 saturated carbocycles. The van der Waals surface area contributed by atoms with Crippen molar-refractivity contribution < 1.29 is 4.79 Å². The molecule has 0 aromatic carbocycles. The van der Waals surface area contributed by atoms with Crippen molar-refractivity contribution in [3.63, 3.8) is 0 Å². The van der Waals surface area contributed by atoms with Gasteiger partial charge in [-0.15, -0.1) is 0 Å². The van der Waals surface area contributed by atoms with Gasteiger partial charge < -0.3 is 15.2 Å². The van der Waals surface area contributed by atoms with Crippen molar-refractivity contribution >= 4 is 11.7 Å². The summed E-state index contributed by atoms with van der Waals surface area (Å²) in [5, 5.41) is 0. The molecule has 6 heteroatoms. The zero-order valence-electron chi connectivity index (χ0n) is 12.4. The number of aromatic nitrogens is 1. The molecule has 110 valence electrons. The Hall–Kier alpha value is -1.66. The van der Waals surface area contributed by atoms with E-state index in [4.69, 9.17) is 5.84 Å². The highest BCUT2D eigenvalue weighted by Crippen LogP contribution is 2.36. The summed E-state index contributed by atoms with van der Waals surface area (Å²) in [7, 11) is 6.02. The van der Waals surface area contributed by atoms with E-state index in [0.29, 0.717) is 11.4 Å². The number of nitrogens with two attached hydrogens (primary N) is 1. The summed E-state index contributed by atoms with van der Waals surface area (Å²) in [6, 6.07) is 3.38. The molecule has 3 N–H and O–H groups in total. The number of nitrogen functional groups attached to an aromatic ring is 1. The lowest BCUT2D eigenvalue weighted by molar-refractivity contribution is 0.0252. The fraction of sp³-hybridized carbons (Fsp3) is 0.571. The van der Waals surface area contributed by atoms with Crippen molar-refractivity contribution in [3.05, 3.63) is 23.9 Å². The second-order valence-corrected chi connectivity index (χ2v) is 5.71. The zero-order valence-corrected chi connectivity index (χ0v) is 12.4. The van der Waals surface area contributed by atoms with Crippen LogP contribution >= 0.6 is 0 Å². The number of hydrazine groups is 1. The molecule has 1 aliphatic rings. The fourth-order valence-corrected chi connectivity index (χ4v) is 2.71. The highest BCUT2D eigenvalue weighted by atomic mass is 16.2. The van der Waals surface area contributed by atoms with Gasteiger partial charge in [-0.3, -0.25) is 4.79 Å². The number of carbonyl (C=O) groups excluding carboxylic acids is 1. The Balaban J connectivity index is 2.08. The van der Waals surface area contributed by atoms with Crippen LogP contribution in [-0.2, 0) is 0 Å². The predicted molar refractivity (Wildman–Crippen MR) is 79.3 cm³/mol. The van der Waals surface area contributed by atoms with Gasteiger partial charge in [0.25, 0.3) is 5.91 Å². The van der Waals surface area contributed by atoms with Crippen molar-refractivity contribution in [2.75, 3.05) is 33.1 Å². The Kier molecular flexibility index (Phi) is 4.25. The van der Waals surface area contributed by atoms with Gasteiger partial charge in [0.15, 0.2) is 0 Å². The molecule has 20 heavy (non-hydrogen) atoms. The lowest BCUT2D eigenvalue weighted by Gasteiger charge is -2.49. The van der Waals surface area contributed by atoms with Crippen LogP contribution in [0.3, 0.4) is 0 Å². The second kappa shape index (κ2) is 5.76. The van der Waals surface area contributed by atoms with Crippen LogP contribution in [0.2, 0.25) is 0 Å². The summed E-state index contributed by atoms with van der Waals surface area (Å²) in [6.45, 7) is 0.743. The number of carbonyl (C=O) groups is 1. The first-order valence-corrected chi connectivity index (χ1v) is 6.84. The van der Waals surface area contributed by atoms with Gasteiger partial charge >= 0.3 is 0 Å². The van der Waals surface area contributed by atoms with Crippen LogP contribution < -0.4 is 11.3 Å². The maximum absolute atomic E-state index is 12.5. The molecule has 0 unspecified atom stereocenters. The summed E-state index contributed by atoms with van der Waals surface area (Å²) >= 11 is 0. The first-order chi connectivity index (χ1) is 9.48. The molecule has 1 aromatic rings. The third-order valence-corrected chi connectivity index (χ3v) is 4.27. The molecule has 0 bridgehead atoms. The van der Waals surface area contributed by atoms with Crippen LogP contribution in [0.1, 0.15) is 29.6 Å². The summed E-state index contributed by atoms with van der Waals surface area (Å²) in [6.07, 6.45) is 5.10. The minimum absolute atomic E-state index is 0.00275. The second-order valence-electron chi connectivity index (χ2n) is 5.71. The minimum Gasteiger partial charge on any atom is -0.340 e. The SMILES string of the molecule is CN(CC1(N(C)C)CCC1)C(=O)c1ccnc(NN)c1. The lowest BCUT2D eigenvalue weighted by atomic mass is 9.75. The molecule has 0 saturated heterocycles. The summed E-state index contributed by atoms with van der Waals surface area (Å²) in [5.41, 5.74) is 3.19. The molecule has 6 nitrogen and oxygen atoms in total. The zero-order chi connectivity index (χ0) is 14.8. The molecule has 0 aliphatic heterocycles. The monoisotopic (exact) mass is 277 g/mol. The Morgan fingerprint density at radius 1 is 1.45 bits per heavy atom. The highest BCUT2D eigenvalue weighted by molar-refractivity contribution is 5.94. The number of likely N-dealkylation sites (N-methyl/N-ethyl adjacent to an activating group) is 2. The molecule has 1 aromatic heterocycles. The van der Waals surface area contributed by atoms with Crippen molar-refractivity contribution in [1.29, 1.82) is 0 Å². The molecule has 2 rings (SSSR count). The van der Waals surface area contributed by atoms with Crippen LogP contribution in [0.4, 0.5) is 5.82 Å². The van der Waals surface area contributed by atoms with Crippen LogP contribution in [-0.4, -0.2) is 53.9 Å².